The summed E-state index contributed by atoms with van der Waals surface area (Å²) in [6, 6.07) is 0. The molecule has 1 rings (SSSR count). The van der Waals surface area contributed by atoms with Crippen molar-refractivity contribution in [2.75, 3.05) is 26.4 Å². The normalized spacial score (nSPS) is 23.5. The van der Waals surface area contributed by atoms with Crippen LogP contribution in [0.1, 0.15) is 19.8 Å². The van der Waals surface area contributed by atoms with Crippen LogP contribution in [-0.4, -0.2) is 32.0 Å². The van der Waals surface area contributed by atoms with E-state index < -0.39 is 0 Å². The summed E-state index contributed by atoms with van der Waals surface area (Å²) in [5, 5.41) is 3.19. The smallest absolute Gasteiger partial charge is 0.102 e. The van der Waals surface area contributed by atoms with E-state index in [0.717, 1.165) is 26.1 Å². The molecule has 0 aliphatic carbocycles. The fourth-order valence-electron chi connectivity index (χ4n) is 1.35. The fourth-order valence-corrected chi connectivity index (χ4v) is 1.35. The van der Waals surface area contributed by atoms with Crippen molar-refractivity contribution in [3.8, 4) is 0 Å². The molecule has 0 bridgehead atoms. The zero-order chi connectivity index (χ0) is 8.16. The SMILES string of the molecule is CC1(NCCF)CCOCC1. The van der Waals surface area contributed by atoms with Crippen molar-refractivity contribution in [3.05, 3.63) is 0 Å². The largest absolute Gasteiger partial charge is 0.381 e. The molecule has 1 aliphatic heterocycles. The van der Waals surface area contributed by atoms with E-state index in [9.17, 15) is 4.39 Å². The molecule has 2 nitrogen and oxygen atoms in total. The first-order valence-electron chi connectivity index (χ1n) is 4.16. The van der Waals surface area contributed by atoms with E-state index in [1.54, 1.807) is 0 Å². The molecule has 0 aromatic carbocycles. The summed E-state index contributed by atoms with van der Waals surface area (Å²) in [4.78, 5) is 0. The van der Waals surface area contributed by atoms with Gasteiger partial charge in [-0.05, 0) is 19.8 Å². The summed E-state index contributed by atoms with van der Waals surface area (Å²) in [5.74, 6) is 0. The average Bonchev–Trinajstić information content (AvgIpc) is 2.03. The lowest BCUT2D eigenvalue weighted by molar-refractivity contribution is 0.0448. The molecule has 1 heterocycles. The molecule has 3 heteroatoms. The molecule has 0 unspecified atom stereocenters. The average molecular weight is 161 g/mol. The molecule has 11 heavy (non-hydrogen) atoms. The van der Waals surface area contributed by atoms with Gasteiger partial charge in [-0.1, -0.05) is 0 Å². The van der Waals surface area contributed by atoms with Crippen molar-refractivity contribution < 1.29 is 9.13 Å². The second kappa shape index (κ2) is 4.02. The summed E-state index contributed by atoms with van der Waals surface area (Å²) in [7, 11) is 0. The van der Waals surface area contributed by atoms with E-state index in [0.29, 0.717) is 6.54 Å². The maximum absolute atomic E-state index is 11.8. The Balaban J connectivity index is 2.25. The summed E-state index contributed by atoms with van der Waals surface area (Å²) in [6.07, 6.45) is 1.99. The van der Waals surface area contributed by atoms with E-state index >= 15 is 0 Å². The standard InChI is InChI=1S/C8H16FNO/c1-8(10-5-4-9)2-6-11-7-3-8/h10H,2-7H2,1H3. The Morgan fingerprint density at radius 3 is 2.64 bits per heavy atom. The number of halogens is 1. The van der Waals surface area contributed by atoms with Crippen molar-refractivity contribution in [2.45, 2.75) is 25.3 Å². The first-order chi connectivity index (χ1) is 5.27. The Bertz CT molecular complexity index is 113. The minimum Gasteiger partial charge on any atom is -0.381 e. The highest BCUT2D eigenvalue weighted by molar-refractivity contribution is 4.84. The molecule has 1 fully saturated rings. The van der Waals surface area contributed by atoms with Crippen LogP contribution in [-0.2, 0) is 4.74 Å². The van der Waals surface area contributed by atoms with Gasteiger partial charge in [-0.3, -0.25) is 0 Å². The van der Waals surface area contributed by atoms with Gasteiger partial charge >= 0.3 is 0 Å². The van der Waals surface area contributed by atoms with Gasteiger partial charge in [-0.25, -0.2) is 4.39 Å². The molecule has 0 aromatic rings. The van der Waals surface area contributed by atoms with Crippen molar-refractivity contribution in [1.82, 2.24) is 5.32 Å². The van der Waals surface area contributed by atoms with Gasteiger partial charge in [0.1, 0.15) is 6.67 Å². The van der Waals surface area contributed by atoms with Crippen molar-refractivity contribution >= 4 is 0 Å². The van der Waals surface area contributed by atoms with Crippen LogP contribution in [0.2, 0.25) is 0 Å². The zero-order valence-corrected chi connectivity index (χ0v) is 7.03. The molecule has 66 valence electrons. The number of hydrogen-bond acceptors (Lipinski definition) is 2. The van der Waals surface area contributed by atoms with E-state index in [2.05, 4.69) is 12.2 Å². The third-order valence-electron chi connectivity index (χ3n) is 2.24. The van der Waals surface area contributed by atoms with Crippen LogP contribution in [0.15, 0.2) is 0 Å². The lowest BCUT2D eigenvalue weighted by Gasteiger charge is -2.34. The summed E-state index contributed by atoms with van der Waals surface area (Å²) in [5.41, 5.74) is 0.115. The Morgan fingerprint density at radius 2 is 2.09 bits per heavy atom. The minimum absolute atomic E-state index is 0.115. The highest BCUT2D eigenvalue weighted by atomic mass is 19.1. The number of hydrogen-bond donors (Lipinski definition) is 1. The van der Waals surface area contributed by atoms with Crippen LogP contribution < -0.4 is 5.32 Å². The van der Waals surface area contributed by atoms with Crippen LogP contribution >= 0.6 is 0 Å². The zero-order valence-electron chi connectivity index (χ0n) is 7.03. The van der Waals surface area contributed by atoms with Crippen LogP contribution in [0, 0.1) is 0 Å². The van der Waals surface area contributed by atoms with Crippen LogP contribution in [0.5, 0.6) is 0 Å². The molecule has 1 aliphatic rings. The van der Waals surface area contributed by atoms with E-state index in [1.165, 1.54) is 0 Å². The van der Waals surface area contributed by atoms with Gasteiger partial charge in [0.05, 0.1) is 0 Å². The Hall–Kier alpha value is -0.150. The van der Waals surface area contributed by atoms with Gasteiger partial charge < -0.3 is 10.1 Å². The van der Waals surface area contributed by atoms with Crippen molar-refractivity contribution in [3.63, 3.8) is 0 Å². The van der Waals surface area contributed by atoms with Crippen molar-refractivity contribution in [1.29, 1.82) is 0 Å². The molecule has 0 atom stereocenters. The van der Waals surface area contributed by atoms with Gasteiger partial charge in [-0.15, -0.1) is 0 Å². The Morgan fingerprint density at radius 1 is 1.45 bits per heavy atom. The molecule has 1 saturated heterocycles. The van der Waals surface area contributed by atoms with Gasteiger partial charge in [0, 0.05) is 25.3 Å². The van der Waals surface area contributed by atoms with E-state index in [1.807, 2.05) is 0 Å². The summed E-state index contributed by atoms with van der Waals surface area (Å²) < 4.78 is 17.0. The molecule has 1 N–H and O–H groups in total. The second-order valence-electron chi connectivity index (χ2n) is 3.29. The highest BCUT2D eigenvalue weighted by Gasteiger charge is 2.25. The van der Waals surface area contributed by atoms with Gasteiger partial charge in [0.2, 0.25) is 0 Å². The molecule has 0 aromatic heterocycles. The Labute approximate surface area is 67.1 Å². The van der Waals surface area contributed by atoms with Crippen molar-refractivity contribution in [2.24, 2.45) is 0 Å². The third-order valence-corrected chi connectivity index (χ3v) is 2.24. The monoisotopic (exact) mass is 161 g/mol. The lowest BCUT2D eigenvalue weighted by Crippen LogP contribution is -2.47. The Kier molecular flexibility index (Phi) is 3.27. The maximum atomic E-state index is 11.8. The van der Waals surface area contributed by atoms with Crippen LogP contribution in [0.3, 0.4) is 0 Å². The fraction of sp³-hybridized carbons (Fsp3) is 1.00. The molecule has 0 saturated carbocycles. The van der Waals surface area contributed by atoms with Gasteiger partial charge in [0.25, 0.3) is 0 Å². The quantitative estimate of drug-likeness (QED) is 0.669. The third kappa shape index (κ3) is 2.75. The van der Waals surface area contributed by atoms with Crippen LogP contribution in [0.4, 0.5) is 4.39 Å². The lowest BCUT2D eigenvalue weighted by atomic mass is 9.93. The second-order valence-corrected chi connectivity index (χ2v) is 3.29. The van der Waals surface area contributed by atoms with Crippen LogP contribution in [0.25, 0.3) is 0 Å². The molecular formula is C8H16FNO. The molecule has 0 spiro atoms. The first-order valence-corrected chi connectivity index (χ1v) is 4.16. The predicted molar refractivity (Wildman–Crippen MR) is 42.4 cm³/mol. The molecule has 0 amide bonds. The number of ether oxygens (including phenoxy) is 1. The number of nitrogens with one attached hydrogen (secondary N) is 1. The predicted octanol–water partition coefficient (Wildman–Crippen LogP) is 1.11. The molecule has 0 radical (unpaired) electrons. The minimum atomic E-state index is -0.281. The number of rotatable bonds is 3. The molecular weight excluding hydrogens is 145 g/mol. The topological polar surface area (TPSA) is 21.3 Å². The van der Waals surface area contributed by atoms with Gasteiger partial charge in [0.15, 0.2) is 0 Å². The van der Waals surface area contributed by atoms with E-state index in [-0.39, 0.29) is 12.2 Å². The maximum Gasteiger partial charge on any atom is 0.102 e. The summed E-state index contributed by atoms with van der Waals surface area (Å²) >= 11 is 0. The summed E-state index contributed by atoms with van der Waals surface area (Å²) in [6.45, 7) is 3.92. The first kappa shape index (κ1) is 8.94. The van der Waals surface area contributed by atoms with E-state index in [4.69, 9.17) is 4.74 Å². The highest BCUT2D eigenvalue weighted by Crippen LogP contribution is 2.18. The van der Waals surface area contributed by atoms with Gasteiger partial charge in [-0.2, -0.15) is 0 Å². The number of alkyl halides is 1.